The fourth-order valence-electron chi connectivity index (χ4n) is 4.05. The maximum absolute atomic E-state index is 12.6. The van der Waals surface area contributed by atoms with Crippen LogP contribution in [-0.2, 0) is 6.42 Å². The first-order valence-corrected chi connectivity index (χ1v) is 10.3. The van der Waals surface area contributed by atoms with Crippen LogP contribution in [0.3, 0.4) is 0 Å². The fourth-order valence-corrected chi connectivity index (χ4v) is 4.95. The summed E-state index contributed by atoms with van der Waals surface area (Å²) in [4.78, 5) is 13.8. The normalized spacial score (nSPS) is 27.1. The van der Waals surface area contributed by atoms with E-state index in [0.717, 1.165) is 42.6 Å². The van der Waals surface area contributed by atoms with E-state index >= 15 is 0 Å². The van der Waals surface area contributed by atoms with Gasteiger partial charge in [-0.3, -0.25) is 4.79 Å². The average Bonchev–Trinajstić information content (AvgIpc) is 3.25. The molecular weight excluding hydrogens is 382 g/mol. The molecule has 0 aliphatic heterocycles. The summed E-state index contributed by atoms with van der Waals surface area (Å²) >= 11 is 1.68. The number of benzene rings is 1. The monoisotopic (exact) mass is 407 g/mol. The molecule has 0 bridgehead atoms. The average molecular weight is 408 g/mol. The molecule has 0 saturated heterocycles. The maximum atomic E-state index is 12.6. The Morgan fingerprint density at radius 3 is 2.85 bits per heavy atom. The number of fused-ring (bicyclic) bond motifs is 1. The molecule has 4 rings (SSSR count). The van der Waals surface area contributed by atoms with Gasteiger partial charge in [-0.05, 0) is 55.7 Å². The molecule has 0 radical (unpaired) electrons. The Morgan fingerprint density at radius 2 is 2.04 bits per heavy atom. The van der Waals surface area contributed by atoms with Crippen LogP contribution in [0.2, 0.25) is 0 Å². The van der Waals surface area contributed by atoms with Crippen molar-refractivity contribution < 1.29 is 14.6 Å². The lowest BCUT2D eigenvalue weighted by Gasteiger charge is -2.26. The SMILES string of the molecule is Cc1ccccc1OC1CCC(NCC2CCc3sccc3C2=O)C1O.Cl. The minimum atomic E-state index is -0.551. The maximum Gasteiger partial charge on any atom is 0.168 e. The number of halogens is 1. The lowest BCUT2D eigenvalue weighted by molar-refractivity contribution is 0.0438. The Bertz CT molecular complexity index is 793. The molecule has 1 fully saturated rings. The van der Waals surface area contributed by atoms with Gasteiger partial charge in [0.1, 0.15) is 18.0 Å². The zero-order valence-corrected chi connectivity index (χ0v) is 17.0. The molecule has 2 aliphatic carbocycles. The molecule has 4 nitrogen and oxygen atoms in total. The van der Waals surface area contributed by atoms with Gasteiger partial charge in [-0.1, -0.05) is 18.2 Å². The van der Waals surface area contributed by atoms with Crippen LogP contribution in [0.15, 0.2) is 35.7 Å². The molecule has 146 valence electrons. The van der Waals surface area contributed by atoms with Crippen molar-refractivity contribution in [1.82, 2.24) is 5.32 Å². The van der Waals surface area contributed by atoms with Gasteiger partial charge < -0.3 is 15.2 Å². The molecule has 1 heterocycles. The molecule has 6 heteroatoms. The molecule has 4 atom stereocenters. The summed E-state index contributed by atoms with van der Waals surface area (Å²) in [6, 6.07) is 9.83. The number of rotatable bonds is 5. The van der Waals surface area contributed by atoms with E-state index in [2.05, 4.69) is 5.32 Å². The highest BCUT2D eigenvalue weighted by atomic mass is 35.5. The lowest BCUT2D eigenvalue weighted by atomic mass is 9.87. The number of ketones is 1. The van der Waals surface area contributed by atoms with Crippen molar-refractivity contribution in [2.75, 3.05) is 6.54 Å². The number of Topliss-reactive ketones (excluding diaryl/α,β-unsaturated/α-hetero) is 1. The number of aliphatic hydroxyl groups excluding tert-OH is 1. The molecule has 1 aromatic carbocycles. The quantitative estimate of drug-likeness (QED) is 0.791. The number of nitrogens with one attached hydrogen (secondary N) is 1. The van der Waals surface area contributed by atoms with Crippen molar-refractivity contribution in [2.24, 2.45) is 5.92 Å². The topological polar surface area (TPSA) is 58.6 Å². The second-order valence-electron chi connectivity index (χ2n) is 7.36. The number of hydrogen-bond donors (Lipinski definition) is 2. The van der Waals surface area contributed by atoms with Crippen LogP contribution in [0, 0.1) is 12.8 Å². The molecule has 1 saturated carbocycles. The van der Waals surface area contributed by atoms with E-state index in [1.807, 2.05) is 42.6 Å². The third-order valence-electron chi connectivity index (χ3n) is 5.66. The summed E-state index contributed by atoms with van der Waals surface area (Å²) in [5, 5.41) is 16.1. The van der Waals surface area contributed by atoms with E-state index in [1.54, 1.807) is 11.3 Å². The first kappa shape index (κ1) is 20.3. The van der Waals surface area contributed by atoms with Gasteiger partial charge in [-0.2, -0.15) is 0 Å². The number of carbonyl (C=O) groups is 1. The summed E-state index contributed by atoms with van der Waals surface area (Å²) in [5.74, 6) is 1.10. The zero-order chi connectivity index (χ0) is 18.1. The predicted molar refractivity (Wildman–Crippen MR) is 110 cm³/mol. The van der Waals surface area contributed by atoms with Gasteiger partial charge in [-0.15, -0.1) is 23.7 Å². The number of para-hydroxylation sites is 1. The largest absolute Gasteiger partial charge is 0.487 e. The van der Waals surface area contributed by atoms with Crippen LogP contribution in [0.25, 0.3) is 0 Å². The van der Waals surface area contributed by atoms with Gasteiger partial charge in [-0.25, -0.2) is 0 Å². The first-order valence-electron chi connectivity index (χ1n) is 9.38. The van der Waals surface area contributed by atoms with Gasteiger partial charge in [0.25, 0.3) is 0 Å². The highest BCUT2D eigenvalue weighted by Gasteiger charge is 2.37. The lowest BCUT2D eigenvalue weighted by Crippen LogP contribution is -2.44. The molecule has 2 aromatic rings. The molecule has 27 heavy (non-hydrogen) atoms. The summed E-state index contributed by atoms with van der Waals surface area (Å²) in [5.41, 5.74) is 1.98. The van der Waals surface area contributed by atoms with Crippen LogP contribution in [0.4, 0.5) is 0 Å². The Labute approximate surface area is 170 Å². The summed E-state index contributed by atoms with van der Waals surface area (Å²) in [7, 11) is 0. The number of aryl methyl sites for hydroxylation is 2. The van der Waals surface area contributed by atoms with Crippen LogP contribution in [-0.4, -0.2) is 35.7 Å². The third kappa shape index (κ3) is 4.21. The summed E-state index contributed by atoms with van der Waals surface area (Å²) in [6.07, 6.45) is 2.81. The zero-order valence-electron chi connectivity index (χ0n) is 15.4. The number of aliphatic hydroxyl groups is 1. The van der Waals surface area contributed by atoms with E-state index < -0.39 is 6.10 Å². The fraction of sp³-hybridized carbons (Fsp3) is 0.476. The number of hydrogen-bond acceptors (Lipinski definition) is 5. The van der Waals surface area contributed by atoms with Gasteiger partial charge in [0.2, 0.25) is 0 Å². The van der Waals surface area contributed by atoms with Crippen molar-refractivity contribution in [3.05, 3.63) is 51.7 Å². The Morgan fingerprint density at radius 1 is 1.22 bits per heavy atom. The molecule has 0 amide bonds. The number of thiophene rings is 1. The van der Waals surface area contributed by atoms with Crippen LogP contribution in [0.5, 0.6) is 5.75 Å². The van der Waals surface area contributed by atoms with Crippen molar-refractivity contribution >= 4 is 29.5 Å². The van der Waals surface area contributed by atoms with Gasteiger partial charge >= 0.3 is 0 Å². The Balaban J connectivity index is 0.00000210. The smallest absolute Gasteiger partial charge is 0.168 e. The van der Waals surface area contributed by atoms with Crippen molar-refractivity contribution in [3.63, 3.8) is 0 Å². The van der Waals surface area contributed by atoms with E-state index in [4.69, 9.17) is 4.74 Å². The molecule has 2 aliphatic rings. The Kier molecular flexibility index (Phi) is 6.58. The van der Waals surface area contributed by atoms with E-state index in [0.29, 0.717) is 6.54 Å². The first-order chi connectivity index (χ1) is 12.6. The molecule has 1 aromatic heterocycles. The Hall–Kier alpha value is -1.40. The van der Waals surface area contributed by atoms with E-state index in [-0.39, 0.29) is 36.3 Å². The van der Waals surface area contributed by atoms with Gasteiger partial charge in [0.15, 0.2) is 5.78 Å². The second-order valence-corrected chi connectivity index (χ2v) is 8.36. The predicted octanol–water partition coefficient (Wildman–Crippen LogP) is 3.78. The van der Waals surface area contributed by atoms with E-state index in [9.17, 15) is 9.90 Å². The number of carbonyl (C=O) groups excluding carboxylic acids is 1. The second kappa shape index (κ2) is 8.74. The van der Waals surface area contributed by atoms with Crippen LogP contribution >= 0.6 is 23.7 Å². The molecular formula is C21H26ClNO3S. The summed E-state index contributed by atoms with van der Waals surface area (Å²) in [6.45, 7) is 2.65. The molecule has 0 spiro atoms. The highest BCUT2D eigenvalue weighted by molar-refractivity contribution is 7.10. The van der Waals surface area contributed by atoms with Crippen molar-refractivity contribution in [1.29, 1.82) is 0 Å². The van der Waals surface area contributed by atoms with Gasteiger partial charge in [0, 0.05) is 28.9 Å². The molecule has 2 N–H and O–H groups in total. The standard InChI is InChI=1S/C21H25NO3S.ClH/c1-13-4-2-3-5-17(13)25-18-8-7-16(21(18)24)22-12-14-6-9-19-15(20(14)23)10-11-26-19;/h2-5,10-11,14,16,18,21-22,24H,6-9,12H2,1H3;1H. The molecule has 4 unspecified atom stereocenters. The van der Waals surface area contributed by atoms with Crippen molar-refractivity contribution in [3.8, 4) is 5.75 Å². The van der Waals surface area contributed by atoms with Crippen LogP contribution in [0.1, 0.15) is 40.1 Å². The summed E-state index contributed by atoms with van der Waals surface area (Å²) < 4.78 is 6.04. The van der Waals surface area contributed by atoms with Crippen molar-refractivity contribution in [2.45, 2.75) is 50.9 Å². The minimum absolute atomic E-state index is 0. The van der Waals surface area contributed by atoms with Crippen LogP contribution < -0.4 is 10.1 Å². The van der Waals surface area contributed by atoms with Gasteiger partial charge in [0.05, 0.1) is 0 Å². The van der Waals surface area contributed by atoms with E-state index in [1.165, 1.54) is 4.88 Å². The number of ether oxygens (including phenoxy) is 1. The minimum Gasteiger partial charge on any atom is -0.487 e. The third-order valence-corrected chi connectivity index (χ3v) is 6.64. The highest BCUT2D eigenvalue weighted by Crippen LogP contribution is 2.30.